The smallest absolute Gasteiger partial charge is 0.239 e. The van der Waals surface area contributed by atoms with Gasteiger partial charge in [0.25, 0.3) is 0 Å². The van der Waals surface area contributed by atoms with Gasteiger partial charge >= 0.3 is 0 Å². The minimum atomic E-state index is -0.118. The zero-order chi connectivity index (χ0) is 19.6. The van der Waals surface area contributed by atoms with Gasteiger partial charge in [-0.15, -0.1) is 0 Å². The monoisotopic (exact) mass is 381 g/mol. The molecule has 2 fully saturated rings. The van der Waals surface area contributed by atoms with Gasteiger partial charge in [-0.2, -0.15) is 0 Å². The largest absolute Gasteiger partial charge is 0.355 e. The van der Waals surface area contributed by atoms with Crippen LogP contribution in [0.2, 0.25) is 0 Å². The lowest BCUT2D eigenvalue weighted by molar-refractivity contribution is -0.136. The van der Waals surface area contributed by atoms with Crippen molar-refractivity contribution < 1.29 is 14.4 Å². The predicted molar refractivity (Wildman–Crippen MR) is 104 cm³/mol. The molecule has 0 spiro atoms. The molecule has 0 radical (unpaired) electrons. The Hall–Kier alpha value is -1.67. The molecule has 3 amide bonds. The van der Waals surface area contributed by atoms with E-state index in [-0.39, 0.29) is 30.3 Å². The van der Waals surface area contributed by atoms with Gasteiger partial charge in [-0.3, -0.25) is 19.3 Å². The van der Waals surface area contributed by atoms with Crippen molar-refractivity contribution in [1.82, 2.24) is 25.8 Å². The Morgan fingerprint density at radius 2 is 2.00 bits per heavy atom. The van der Waals surface area contributed by atoms with Crippen LogP contribution in [-0.4, -0.2) is 86.4 Å². The molecule has 0 saturated carbocycles. The number of likely N-dealkylation sites (tertiary alicyclic amines) is 1. The number of piperidine rings is 1. The number of hydrogen-bond acceptors (Lipinski definition) is 5. The van der Waals surface area contributed by atoms with Gasteiger partial charge < -0.3 is 20.9 Å². The highest BCUT2D eigenvalue weighted by atomic mass is 16.2. The Balaban J connectivity index is 1.69. The van der Waals surface area contributed by atoms with Gasteiger partial charge in [0.2, 0.25) is 17.7 Å². The number of carbonyl (C=O) groups is 3. The first-order chi connectivity index (χ1) is 13.0. The second kappa shape index (κ2) is 11.2. The summed E-state index contributed by atoms with van der Waals surface area (Å²) in [7, 11) is 1.67. The predicted octanol–water partition coefficient (Wildman–Crippen LogP) is -0.449. The molecule has 154 valence electrons. The molecule has 3 N–H and O–H groups in total. The fraction of sp³-hybridized carbons (Fsp3) is 0.842. The molecule has 0 aliphatic carbocycles. The second-order valence-electron chi connectivity index (χ2n) is 7.74. The second-order valence-corrected chi connectivity index (χ2v) is 7.74. The third-order valence-electron chi connectivity index (χ3n) is 5.28. The van der Waals surface area contributed by atoms with Crippen molar-refractivity contribution in [1.29, 1.82) is 0 Å². The maximum absolute atomic E-state index is 12.4. The van der Waals surface area contributed by atoms with Crippen LogP contribution in [0.15, 0.2) is 0 Å². The van der Waals surface area contributed by atoms with Crippen LogP contribution in [0.3, 0.4) is 0 Å². The molecule has 0 aromatic heterocycles. The van der Waals surface area contributed by atoms with Crippen molar-refractivity contribution in [3.63, 3.8) is 0 Å². The summed E-state index contributed by atoms with van der Waals surface area (Å²) < 4.78 is 0. The zero-order valence-electron chi connectivity index (χ0n) is 16.8. The van der Waals surface area contributed by atoms with Crippen molar-refractivity contribution >= 4 is 17.7 Å². The molecule has 0 aromatic carbocycles. The highest BCUT2D eigenvalue weighted by molar-refractivity contribution is 5.85. The zero-order valence-corrected chi connectivity index (χ0v) is 16.8. The van der Waals surface area contributed by atoms with Gasteiger partial charge in [-0.1, -0.05) is 6.92 Å². The van der Waals surface area contributed by atoms with Crippen LogP contribution in [0.5, 0.6) is 0 Å². The van der Waals surface area contributed by atoms with Crippen molar-refractivity contribution in [3.05, 3.63) is 0 Å². The minimum Gasteiger partial charge on any atom is -0.355 e. The number of nitrogens with zero attached hydrogens (tertiary/aromatic N) is 2. The summed E-state index contributed by atoms with van der Waals surface area (Å²) in [6.07, 6.45) is 4.94. The van der Waals surface area contributed by atoms with E-state index in [0.29, 0.717) is 25.6 Å². The van der Waals surface area contributed by atoms with E-state index in [0.717, 1.165) is 51.7 Å². The Morgan fingerprint density at radius 3 is 2.70 bits per heavy atom. The summed E-state index contributed by atoms with van der Waals surface area (Å²) in [6.45, 7) is 6.33. The average molecular weight is 382 g/mol. The fourth-order valence-corrected chi connectivity index (χ4v) is 3.67. The lowest BCUT2D eigenvalue weighted by atomic mass is 9.97. The van der Waals surface area contributed by atoms with Gasteiger partial charge in [-0.25, -0.2) is 0 Å². The molecule has 0 bridgehead atoms. The van der Waals surface area contributed by atoms with Crippen molar-refractivity contribution in [3.8, 4) is 0 Å². The molecule has 0 aromatic rings. The topological polar surface area (TPSA) is 93.8 Å². The van der Waals surface area contributed by atoms with Crippen LogP contribution in [0.1, 0.15) is 39.0 Å². The third-order valence-corrected chi connectivity index (χ3v) is 5.28. The van der Waals surface area contributed by atoms with E-state index in [9.17, 15) is 14.4 Å². The van der Waals surface area contributed by atoms with Crippen molar-refractivity contribution in [2.24, 2.45) is 5.92 Å². The van der Waals surface area contributed by atoms with E-state index in [1.165, 1.54) is 4.90 Å². The van der Waals surface area contributed by atoms with E-state index < -0.39 is 0 Å². The SMILES string of the molecule is CCCNC(=O)CN(C)C(=O)CN1CCCC(CNC(=O)C2CCCN2)C1. The molecule has 2 aliphatic heterocycles. The van der Waals surface area contributed by atoms with E-state index >= 15 is 0 Å². The van der Waals surface area contributed by atoms with Gasteiger partial charge in [0.1, 0.15) is 0 Å². The maximum atomic E-state index is 12.4. The molecule has 2 aliphatic rings. The average Bonchev–Trinajstić information content (AvgIpc) is 3.19. The van der Waals surface area contributed by atoms with Crippen molar-refractivity contribution in [2.75, 3.05) is 52.9 Å². The Morgan fingerprint density at radius 1 is 1.19 bits per heavy atom. The molecule has 2 atom stereocenters. The quantitative estimate of drug-likeness (QED) is 0.503. The number of rotatable bonds is 9. The number of likely N-dealkylation sites (N-methyl/N-ethyl adjacent to an activating group) is 1. The summed E-state index contributed by atoms with van der Waals surface area (Å²) in [5.74, 6) is 0.308. The summed E-state index contributed by atoms with van der Waals surface area (Å²) in [5.41, 5.74) is 0. The molecule has 8 nitrogen and oxygen atoms in total. The first-order valence-corrected chi connectivity index (χ1v) is 10.2. The van der Waals surface area contributed by atoms with Gasteiger partial charge in [0.05, 0.1) is 19.1 Å². The summed E-state index contributed by atoms with van der Waals surface area (Å²) in [6, 6.07) is -0.0428. The lowest BCUT2D eigenvalue weighted by Gasteiger charge is -2.33. The van der Waals surface area contributed by atoms with Crippen molar-refractivity contribution in [2.45, 2.75) is 45.1 Å². The summed E-state index contributed by atoms with van der Waals surface area (Å²) >= 11 is 0. The first-order valence-electron chi connectivity index (χ1n) is 10.2. The van der Waals surface area contributed by atoms with Crippen LogP contribution in [0.25, 0.3) is 0 Å². The Labute approximate surface area is 162 Å². The third kappa shape index (κ3) is 7.46. The van der Waals surface area contributed by atoms with Crippen LogP contribution in [-0.2, 0) is 14.4 Å². The molecule has 2 saturated heterocycles. The van der Waals surface area contributed by atoms with Gasteiger partial charge in [0.15, 0.2) is 0 Å². The molecular formula is C19H35N5O3. The van der Waals surface area contributed by atoms with E-state index in [4.69, 9.17) is 0 Å². The Kier molecular flexibility index (Phi) is 9.00. The number of nitrogens with one attached hydrogen (secondary N) is 3. The highest BCUT2D eigenvalue weighted by Gasteiger charge is 2.26. The number of amides is 3. The van der Waals surface area contributed by atoms with E-state index in [2.05, 4.69) is 20.9 Å². The van der Waals surface area contributed by atoms with Gasteiger partial charge in [0, 0.05) is 26.7 Å². The summed E-state index contributed by atoms with van der Waals surface area (Å²) in [4.78, 5) is 39.9. The first kappa shape index (κ1) is 21.6. The molecule has 2 unspecified atom stereocenters. The van der Waals surface area contributed by atoms with Gasteiger partial charge in [-0.05, 0) is 51.1 Å². The van der Waals surface area contributed by atoms with E-state index in [1.54, 1.807) is 7.05 Å². The Bertz CT molecular complexity index is 508. The molecule has 2 heterocycles. The number of hydrogen-bond donors (Lipinski definition) is 3. The van der Waals surface area contributed by atoms with Crippen LogP contribution >= 0.6 is 0 Å². The maximum Gasteiger partial charge on any atom is 0.239 e. The van der Waals surface area contributed by atoms with Crippen LogP contribution in [0, 0.1) is 5.92 Å². The highest BCUT2D eigenvalue weighted by Crippen LogP contribution is 2.16. The van der Waals surface area contributed by atoms with Crippen LogP contribution < -0.4 is 16.0 Å². The standard InChI is InChI=1S/C19H35N5O3/c1-3-8-21-17(25)13-23(2)18(26)14-24-10-5-6-15(12-24)11-22-19(27)16-7-4-9-20-16/h15-16,20H,3-14H2,1-2H3,(H,21,25)(H,22,27). The van der Waals surface area contributed by atoms with Crippen LogP contribution in [0.4, 0.5) is 0 Å². The normalized spacial score (nSPS) is 23.0. The molecule has 8 heteroatoms. The lowest BCUT2D eigenvalue weighted by Crippen LogP contribution is -2.48. The molecule has 27 heavy (non-hydrogen) atoms. The van der Waals surface area contributed by atoms with E-state index in [1.807, 2.05) is 6.92 Å². The molecular weight excluding hydrogens is 346 g/mol. The molecule has 2 rings (SSSR count). The summed E-state index contributed by atoms with van der Waals surface area (Å²) in [5, 5.41) is 9.06. The fourth-order valence-electron chi connectivity index (χ4n) is 3.67. The minimum absolute atomic E-state index is 0.0403. The number of carbonyl (C=O) groups excluding carboxylic acids is 3.